The van der Waals surface area contributed by atoms with Gasteiger partial charge in [0.1, 0.15) is 11.5 Å². The molecule has 172 valence electrons. The SMILES string of the molecule is O=C(O)c1ccc(-c2ccc(/C=C3\SC(=Nc4ccccc4)N(c4ccc(Cl)cc4)C3=O)o2)cc1. The molecule has 0 radical (unpaired) electrons. The smallest absolute Gasteiger partial charge is 0.335 e. The summed E-state index contributed by atoms with van der Waals surface area (Å²) in [7, 11) is 0. The number of carboxylic acid groups (broad SMARTS) is 1. The van der Waals surface area contributed by atoms with Crippen molar-refractivity contribution in [1.82, 2.24) is 0 Å². The lowest BCUT2D eigenvalue weighted by molar-refractivity contribution is -0.113. The van der Waals surface area contributed by atoms with Crippen LogP contribution in [0.4, 0.5) is 11.4 Å². The second kappa shape index (κ2) is 9.66. The number of nitrogens with zero attached hydrogens (tertiary/aromatic N) is 2. The molecule has 1 fully saturated rings. The number of aliphatic imine (C=N–C) groups is 1. The number of hydrogen-bond donors (Lipinski definition) is 1. The van der Waals surface area contributed by atoms with Crippen molar-refractivity contribution in [2.24, 2.45) is 4.99 Å². The van der Waals surface area contributed by atoms with Crippen molar-refractivity contribution in [2.45, 2.75) is 0 Å². The van der Waals surface area contributed by atoms with Gasteiger partial charge in [-0.2, -0.15) is 0 Å². The average molecular weight is 501 g/mol. The number of halogens is 1. The van der Waals surface area contributed by atoms with E-state index in [2.05, 4.69) is 4.99 Å². The number of hydrogen-bond acceptors (Lipinski definition) is 5. The molecule has 0 bridgehead atoms. The van der Waals surface area contributed by atoms with Crippen molar-refractivity contribution in [3.05, 3.63) is 112 Å². The van der Waals surface area contributed by atoms with Gasteiger partial charge < -0.3 is 9.52 Å². The Morgan fingerprint density at radius 1 is 0.943 bits per heavy atom. The standard InChI is InChI=1S/C27H17ClN2O4S/c28-19-10-12-21(13-11-19)30-25(31)24(35-27(30)29-20-4-2-1-3-5-20)16-22-14-15-23(34-22)17-6-8-18(9-7-17)26(32)33/h1-16H,(H,32,33)/b24-16-,29-27?. The van der Waals surface area contributed by atoms with Gasteiger partial charge in [0.25, 0.3) is 5.91 Å². The fraction of sp³-hybridized carbons (Fsp3) is 0. The summed E-state index contributed by atoms with van der Waals surface area (Å²) in [6, 6.07) is 26.4. The Hall–Kier alpha value is -4.07. The highest BCUT2D eigenvalue weighted by molar-refractivity contribution is 8.19. The summed E-state index contributed by atoms with van der Waals surface area (Å²) in [4.78, 5) is 31.2. The number of amides is 1. The Kier molecular flexibility index (Phi) is 6.27. The summed E-state index contributed by atoms with van der Waals surface area (Å²) in [5.41, 5.74) is 2.32. The monoisotopic (exact) mass is 500 g/mol. The number of thioether (sulfide) groups is 1. The molecule has 1 aliphatic heterocycles. The molecule has 35 heavy (non-hydrogen) atoms. The predicted molar refractivity (Wildman–Crippen MR) is 139 cm³/mol. The van der Waals surface area contributed by atoms with Crippen LogP contribution in [0.1, 0.15) is 16.1 Å². The molecule has 1 amide bonds. The fourth-order valence-electron chi connectivity index (χ4n) is 3.47. The van der Waals surface area contributed by atoms with E-state index in [-0.39, 0.29) is 11.5 Å². The normalized spacial score (nSPS) is 15.8. The van der Waals surface area contributed by atoms with E-state index in [0.717, 1.165) is 11.3 Å². The summed E-state index contributed by atoms with van der Waals surface area (Å²) in [6.07, 6.45) is 1.68. The summed E-state index contributed by atoms with van der Waals surface area (Å²) in [5, 5.41) is 10.2. The highest BCUT2D eigenvalue weighted by Crippen LogP contribution is 2.38. The van der Waals surface area contributed by atoms with E-state index in [9.17, 15) is 9.59 Å². The molecule has 6 nitrogen and oxygen atoms in total. The van der Waals surface area contributed by atoms with E-state index in [0.29, 0.717) is 32.3 Å². The molecule has 1 N–H and O–H groups in total. The molecule has 1 saturated heterocycles. The van der Waals surface area contributed by atoms with Crippen molar-refractivity contribution in [1.29, 1.82) is 0 Å². The molecule has 1 aromatic heterocycles. The van der Waals surface area contributed by atoms with Crippen molar-refractivity contribution in [2.75, 3.05) is 4.90 Å². The fourth-order valence-corrected chi connectivity index (χ4v) is 4.58. The van der Waals surface area contributed by atoms with Crippen LogP contribution >= 0.6 is 23.4 Å². The lowest BCUT2D eigenvalue weighted by atomic mass is 10.1. The second-order valence-corrected chi connectivity index (χ2v) is 8.99. The van der Waals surface area contributed by atoms with Crippen molar-refractivity contribution < 1.29 is 19.1 Å². The maximum absolute atomic E-state index is 13.4. The third kappa shape index (κ3) is 4.91. The molecule has 1 aliphatic rings. The Morgan fingerprint density at radius 3 is 2.34 bits per heavy atom. The maximum Gasteiger partial charge on any atom is 0.335 e. The number of carbonyl (C=O) groups is 2. The molecule has 0 unspecified atom stereocenters. The number of furan rings is 1. The van der Waals surface area contributed by atoms with Crippen LogP contribution in [-0.4, -0.2) is 22.2 Å². The Morgan fingerprint density at radius 2 is 1.66 bits per heavy atom. The molecule has 5 rings (SSSR count). The van der Waals surface area contributed by atoms with Gasteiger partial charge in [0.15, 0.2) is 5.17 Å². The van der Waals surface area contributed by atoms with Crippen LogP contribution in [0.25, 0.3) is 17.4 Å². The molecule has 0 atom stereocenters. The van der Waals surface area contributed by atoms with Crippen molar-refractivity contribution in [3.8, 4) is 11.3 Å². The maximum atomic E-state index is 13.4. The largest absolute Gasteiger partial charge is 0.478 e. The number of aromatic carboxylic acids is 1. The summed E-state index contributed by atoms with van der Waals surface area (Å²) >= 11 is 7.30. The molecule has 0 aliphatic carbocycles. The number of anilines is 1. The number of carboxylic acids is 1. The van der Waals surface area contributed by atoms with Gasteiger partial charge >= 0.3 is 5.97 Å². The van der Waals surface area contributed by atoms with Gasteiger partial charge in [-0.25, -0.2) is 9.79 Å². The van der Waals surface area contributed by atoms with Gasteiger partial charge in [0, 0.05) is 16.7 Å². The topological polar surface area (TPSA) is 83.1 Å². The van der Waals surface area contributed by atoms with Crippen molar-refractivity contribution >= 4 is 57.9 Å². The van der Waals surface area contributed by atoms with Crippen LogP contribution in [0.3, 0.4) is 0 Å². The zero-order valence-corrected chi connectivity index (χ0v) is 19.7. The number of benzene rings is 3. The number of para-hydroxylation sites is 1. The quantitative estimate of drug-likeness (QED) is 0.295. The van der Waals surface area contributed by atoms with Gasteiger partial charge in [-0.3, -0.25) is 9.69 Å². The lowest BCUT2D eigenvalue weighted by Crippen LogP contribution is -2.28. The van der Waals surface area contributed by atoms with E-state index in [1.165, 1.54) is 23.9 Å². The average Bonchev–Trinajstić information content (AvgIpc) is 3.45. The minimum absolute atomic E-state index is 0.197. The van der Waals surface area contributed by atoms with Gasteiger partial charge in [0.2, 0.25) is 0 Å². The molecule has 0 saturated carbocycles. The highest BCUT2D eigenvalue weighted by Gasteiger charge is 2.35. The minimum atomic E-state index is -0.989. The second-order valence-electron chi connectivity index (χ2n) is 7.54. The summed E-state index contributed by atoms with van der Waals surface area (Å²) in [6.45, 7) is 0. The van der Waals surface area contributed by atoms with Crippen molar-refractivity contribution in [3.63, 3.8) is 0 Å². The molecule has 0 spiro atoms. The number of carbonyl (C=O) groups excluding carboxylic acids is 1. The van der Waals surface area contributed by atoms with Crippen LogP contribution in [0.15, 0.2) is 105 Å². The zero-order chi connectivity index (χ0) is 24.4. The molecular weight excluding hydrogens is 484 g/mol. The number of rotatable bonds is 5. The Bertz CT molecular complexity index is 1460. The first-order valence-electron chi connectivity index (χ1n) is 10.5. The van der Waals surface area contributed by atoms with Gasteiger partial charge in [-0.05, 0) is 72.4 Å². The van der Waals surface area contributed by atoms with E-state index in [1.807, 2.05) is 30.3 Å². The molecular formula is C27H17ClN2O4S. The Labute approximate surface area is 210 Å². The summed E-state index contributed by atoms with van der Waals surface area (Å²) in [5.74, 6) is -0.153. The van der Waals surface area contributed by atoms with Crippen LogP contribution in [0, 0.1) is 0 Å². The lowest BCUT2D eigenvalue weighted by Gasteiger charge is -2.15. The van der Waals surface area contributed by atoms with Crippen LogP contribution in [-0.2, 0) is 4.79 Å². The third-order valence-corrected chi connectivity index (χ3v) is 6.41. The van der Waals surface area contributed by atoms with Gasteiger partial charge in [-0.1, -0.05) is 41.9 Å². The van der Waals surface area contributed by atoms with E-state index >= 15 is 0 Å². The molecule has 8 heteroatoms. The first-order chi connectivity index (χ1) is 17.0. The third-order valence-electron chi connectivity index (χ3n) is 5.19. The van der Waals surface area contributed by atoms with Gasteiger partial charge in [-0.15, -0.1) is 0 Å². The highest BCUT2D eigenvalue weighted by atomic mass is 35.5. The first-order valence-corrected chi connectivity index (χ1v) is 11.7. The van der Waals surface area contributed by atoms with E-state index in [4.69, 9.17) is 21.1 Å². The summed E-state index contributed by atoms with van der Waals surface area (Å²) < 4.78 is 5.93. The minimum Gasteiger partial charge on any atom is -0.478 e. The van der Waals surface area contributed by atoms with E-state index in [1.54, 1.807) is 59.5 Å². The van der Waals surface area contributed by atoms with E-state index < -0.39 is 5.97 Å². The first kappa shape index (κ1) is 22.7. The number of amidine groups is 1. The van der Waals surface area contributed by atoms with Gasteiger partial charge in [0.05, 0.1) is 21.8 Å². The predicted octanol–water partition coefficient (Wildman–Crippen LogP) is 7.11. The molecule has 3 aromatic carbocycles. The zero-order valence-electron chi connectivity index (χ0n) is 18.1. The molecule has 2 heterocycles. The molecule has 4 aromatic rings. The Balaban J connectivity index is 1.47. The van der Waals surface area contributed by atoms with Crippen LogP contribution in [0.5, 0.6) is 0 Å². The van der Waals surface area contributed by atoms with Crippen LogP contribution in [0.2, 0.25) is 5.02 Å². The van der Waals surface area contributed by atoms with Crippen LogP contribution < -0.4 is 4.90 Å².